The summed E-state index contributed by atoms with van der Waals surface area (Å²) in [5.74, 6) is -0.538. The SMILES string of the molecule is COC(=CC=Cc1cc2cc(Cl)c(Cl)cc2[nH]1)C(=O)Nc1cnc(NC(C)=O)nc1. The molecule has 3 N–H and O–H groups in total. The first-order chi connectivity index (χ1) is 14.4. The van der Waals surface area contributed by atoms with Gasteiger partial charge < -0.3 is 15.0 Å². The van der Waals surface area contributed by atoms with Gasteiger partial charge in [-0.2, -0.15) is 0 Å². The third kappa shape index (κ3) is 5.37. The van der Waals surface area contributed by atoms with E-state index in [2.05, 4.69) is 25.6 Å². The van der Waals surface area contributed by atoms with Crippen molar-refractivity contribution in [3.8, 4) is 0 Å². The lowest BCUT2D eigenvalue weighted by molar-refractivity contribution is -0.116. The van der Waals surface area contributed by atoms with Crippen molar-refractivity contribution < 1.29 is 14.3 Å². The molecule has 0 unspecified atom stereocenters. The van der Waals surface area contributed by atoms with Gasteiger partial charge in [-0.05, 0) is 30.4 Å². The maximum Gasteiger partial charge on any atom is 0.290 e. The molecule has 0 aliphatic heterocycles. The van der Waals surface area contributed by atoms with Crippen LogP contribution < -0.4 is 10.6 Å². The lowest BCUT2D eigenvalue weighted by atomic mass is 10.2. The smallest absolute Gasteiger partial charge is 0.290 e. The number of anilines is 2. The first-order valence-corrected chi connectivity index (χ1v) is 9.42. The Balaban J connectivity index is 1.68. The summed E-state index contributed by atoms with van der Waals surface area (Å²) in [6.07, 6.45) is 7.72. The van der Waals surface area contributed by atoms with Crippen LogP contribution in [0, 0.1) is 0 Å². The lowest BCUT2D eigenvalue weighted by Crippen LogP contribution is -2.16. The van der Waals surface area contributed by atoms with Crippen molar-refractivity contribution in [1.29, 1.82) is 0 Å². The van der Waals surface area contributed by atoms with Crippen molar-refractivity contribution in [2.45, 2.75) is 6.92 Å². The number of hydrogen-bond acceptors (Lipinski definition) is 5. The summed E-state index contributed by atoms with van der Waals surface area (Å²) in [6, 6.07) is 5.43. The second-order valence-electron chi connectivity index (χ2n) is 6.10. The van der Waals surface area contributed by atoms with E-state index in [0.29, 0.717) is 15.7 Å². The molecule has 0 saturated heterocycles. The predicted octanol–water partition coefficient (Wildman–Crippen LogP) is 4.41. The monoisotopic (exact) mass is 445 g/mol. The molecule has 0 aliphatic carbocycles. The van der Waals surface area contributed by atoms with E-state index in [-0.39, 0.29) is 17.6 Å². The van der Waals surface area contributed by atoms with Gasteiger partial charge in [-0.3, -0.25) is 14.9 Å². The maximum absolute atomic E-state index is 12.4. The van der Waals surface area contributed by atoms with Crippen LogP contribution in [-0.4, -0.2) is 33.9 Å². The van der Waals surface area contributed by atoms with E-state index in [1.165, 1.54) is 32.5 Å². The molecule has 3 aromatic rings. The van der Waals surface area contributed by atoms with Gasteiger partial charge in [0.15, 0.2) is 5.76 Å². The number of rotatable bonds is 6. The van der Waals surface area contributed by atoms with Crippen LogP contribution >= 0.6 is 23.2 Å². The number of hydrogen-bond donors (Lipinski definition) is 3. The first kappa shape index (κ1) is 21.4. The van der Waals surface area contributed by atoms with Gasteiger partial charge in [0.2, 0.25) is 11.9 Å². The second-order valence-corrected chi connectivity index (χ2v) is 6.92. The Morgan fingerprint density at radius 2 is 1.80 bits per heavy atom. The summed E-state index contributed by atoms with van der Waals surface area (Å²) in [4.78, 5) is 34.4. The molecule has 2 aromatic heterocycles. The Bertz CT molecular complexity index is 1110. The molecule has 0 spiro atoms. The summed E-state index contributed by atoms with van der Waals surface area (Å²) in [6.45, 7) is 1.35. The Labute approximate surface area is 182 Å². The molecule has 3 rings (SSSR count). The van der Waals surface area contributed by atoms with Crippen LogP contribution in [0.3, 0.4) is 0 Å². The highest BCUT2D eigenvalue weighted by Gasteiger charge is 2.10. The van der Waals surface area contributed by atoms with Crippen LogP contribution in [0.4, 0.5) is 11.6 Å². The van der Waals surface area contributed by atoms with Crippen molar-refractivity contribution in [1.82, 2.24) is 15.0 Å². The molecule has 2 amide bonds. The minimum atomic E-state index is -0.478. The summed E-state index contributed by atoms with van der Waals surface area (Å²) < 4.78 is 5.14. The number of methoxy groups -OCH3 is 1. The number of amides is 2. The van der Waals surface area contributed by atoms with E-state index in [0.717, 1.165) is 16.6 Å². The molecule has 0 aliphatic rings. The molecule has 0 atom stereocenters. The zero-order valence-corrected chi connectivity index (χ0v) is 17.5. The zero-order chi connectivity index (χ0) is 21.7. The molecule has 0 saturated carbocycles. The maximum atomic E-state index is 12.4. The predicted molar refractivity (Wildman–Crippen MR) is 117 cm³/mol. The van der Waals surface area contributed by atoms with Gasteiger partial charge in [0.25, 0.3) is 5.91 Å². The van der Waals surface area contributed by atoms with Crippen molar-refractivity contribution in [3.05, 3.63) is 64.2 Å². The van der Waals surface area contributed by atoms with Gasteiger partial charge >= 0.3 is 0 Å². The number of carbonyl (C=O) groups is 2. The third-order valence-corrected chi connectivity index (χ3v) is 4.57. The standard InChI is InChI=1S/C20H17Cl2N5O3/c1-11(28)25-20-23-9-14(10-24-20)27-19(29)18(30-2)5-3-4-13-6-12-7-15(21)16(22)8-17(12)26-13/h3-10,26H,1-2H3,(H,27,29)(H,23,24,25,28). The molecule has 8 nitrogen and oxygen atoms in total. The molecule has 0 bridgehead atoms. The van der Waals surface area contributed by atoms with Gasteiger partial charge in [0, 0.05) is 23.5 Å². The van der Waals surface area contributed by atoms with Gasteiger partial charge in [-0.25, -0.2) is 9.97 Å². The summed E-state index contributed by atoms with van der Waals surface area (Å²) in [5, 5.41) is 6.92. The molecular weight excluding hydrogens is 429 g/mol. The fourth-order valence-corrected chi connectivity index (χ4v) is 2.86. The van der Waals surface area contributed by atoms with E-state index < -0.39 is 5.91 Å². The lowest BCUT2D eigenvalue weighted by Gasteiger charge is -2.07. The van der Waals surface area contributed by atoms with Crippen LogP contribution in [0.5, 0.6) is 0 Å². The van der Waals surface area contributed by atoms with E-state index in [1.807, 2.05) is 6.07 Å². The number of aromatic nitrogens is 3. The van der Waals surface area contributed by atoms with Crippen LogP contribution in [0.2, 0.25) is 10.0 Å². The minimum Gasteiger partial charge on any atom is -0.491 e. The minimum absolute atomic E-state index is 0.0828. The number of halogens is 2. The molecule has 2 heterocycles. The van der Waals surface area contributed by atoms with Crippen molar-refractivity contribution >= 4 is 63.6 Å². The number of aromatic amines is 1. The Morgan fingerprint density at radius 3 is 2.47 bits per heavy atom. The van der Waals surface area contributed by atoms with Gasteiger partial charge in [0.1, 0.15) is 0 Å². The third-order valence-electron chi connectivity index (χ3n) is 3.85. The highest BCUT2D eigenvalue weighted by molar-refractivity contribution is 6.42. The van der Waals surface area contributed by atoms with Crippen molar-refractivity contribution in [3.63, 3.8) is 0 Å². The number of nitrogens with zero attached hydrogens (tertiary/aromatic N) is 2. The van der Waals surface area contributed by atoms with Crippen molar-refractivity contribution in [2.24, 2.45) is 0 Å². The molecular formula is C20H17Cl2N5O3. The number of allylic oxidation sites excluding steroid dienone is 2. The van der Waals surface area contributed by atoms with E-state index in [4.69, 9.17) is 27.9 Å². The molecule has 10 heteroatoms. The number of nitrogens with one attached hydrogen (secondary N) is 3. The topological polar surface area (TPSA) is 109 Å². The summed E-state index contributed by atoms with van der Waals surface area (Å²) in [7, 11) is 1.39. The van der Waals surface area contributed by atoms with Gasteiger partial charge in [0.05, 0.1) is 35.2 Å². The van der Waals surface area contributed by atoms with E-state index >= 15 is 0 Å². The normalized spacial score (nSPS) is 11.7. The first-order valence-electron chi connectivity index (χ1n) is 8.67. The van der Waals surface area contributed by atoms with Crippen LogP contribution in [0.15, 0.2) is 48.5 Å². The number of fused-ring (bicyclic) bond motifs is 1. The average molecular weight is 446 g/mol. The fourth-order valence-electron chi connectivity index (χ4n) is 2.52. The number of H-pyrrole nitrogens is 1. The number of carbonyl (C=O) groups excluding carboxylic acids is 2. The highest BCUT2D eigenvalue weighted by atomic mass is 35.5. The Morgan fingerprint density at radius 1 is 1.10 bits per heavy atom. The Kier molecular flexibility index (Phi) is 6.71. The average Bonchev–Trinajstić information content (AvgIpc) is 3.08. The highest BCUT2D eigenvalue weighted by Crippen LogP contribution is 2.28. The summed E-state index contributed by atoms with van der Waals surface area (Å²) in [5.41, 5.74) is 2.00. The van der Waals surface area contributed by atoms with Crippen molar-refractivity contribution in [2.75, 3.05) is 17.7 Å². The zero-order valence-electron chi connectivity index (χ0n) is 16.0. The van der Waals surface area contributed by atoms with Crippen LogP contribution in [-0.2, 0) is 14.3 Å². The number of ether oxygens (including phenoxy) is 1. The quantitative estimate of drug-likeness (QED) is 0.295. The van der Waals surface area contributed by atoms with E-state index in [1.54, 1.807) is 24.3 Å². The van der Waals surface area contributed by atoms with Crippen LogP contribution in [0.25, 0.3) is 17.0 Å². The van der Waals surface area contributed by atoms with Crippen LogP contribution in [0.1, 0.15) is 12.6 Å². The van der Waals surface area contributed by atoms with E-state index in [9.17, 15) is 9.59 Å². The number of benzene rings is 1. The Hall–Kier alpha value is -3.36. The molecule has 1 aromatic carbocycles. The fraction of sp³-hybridized carbons (Fsp3) is 0.100. The molecule has 0 fully saturated rings. The van der Waals surface area contributed by atoms with Gasteiger partial charge in [-0.1, -0.05) is 29.3 Å². The summed E-state index contributed by atoms with van der Waals surface area (Å²) >= 11 is 12.1. The molecule has 154 valence electrons. The largest absolute Gasteiger partial charge is 0.491 e. The molecule has 0 radical (unpaired) electrons. The second kappa shape index (κ2) is 9.43. The van der Waals surface area contributed by atoms with Gasteiger partial charge in [-0.15, -0.1) is 0 Å². The molecule has 30 heavy (non-hydrogen) atoms.